The first-order valence-electron chi connectivity index (χ1n) is 8.49. The van der Waals surface area contributed by atoms with Gasteiger partial charge in [-0.25, -0.2) is 4.39 Å². The Morgan fingerprint density at radius 2 is 2.00 bits per heavy atom. The molecular formula is C18H27FN2O2. The van der Waals surface area contributed by atoms with Crippen molar-refractivity contribution in [3.8, 4) is 0 Å². The Labute approximate surface area is 137 Å². The van der Waals surface area contributed by atoms with Crippen molar-refractivity contribution in [2.75, 3.05) is 13.1 Å². The van der Waals surface area contributed by atoms with Gasteiger partial charge >= 0.3 is 0 Å². The van der Waals surface area contributed by atoms with Crippen LogP contribution in [0.15, 0.2) is 18.2 Å². The lowest BCUT2D eigenvalue weighted by atomic mass is 10.1. The molecule has 0 radical (unpaired) electrons. The predicted octanol–water partition coefficient (Wildman–Crippen LogP) is 2.59. The first-order chi connectivity index (χ1) is 11.1. The summed E-state index contributed by atoms with van der Waals surface area (Å²) in [5.74, 6) is -0.178. The molecule has 1 saturated heterocycles. The number of likely N-dealkylation sites (tertiary alicyclic amines) is 1. The number of carbonyl (C=O) groups is 1. The van der Waals surface area contributed by atoms with Gasteiger partial charge < -0.3 is 15.3 Å². The van der Waals surface area contributed by atoms with Crippen LogP contribution in [0, 0.1) is 5.82 Å². The Morgan fingerprint density at radius 1 is 1.30 bits per heavy atom. The molecule has 1 heterocycles. The lowest BCUT2D eigenvalue weighted by Gasteiger charge is -2.23. The van der Waals surface area contributed by atoms with E-state index in [1.54, 1.807) is 12.1 Å². The average molecular weight is 322 g/mol. The van der Waals surface area contributed by atoms with Crippen LogP contribution in [-0.2, 0) is 17.9 Å². The lowest BCUT2D eigenvalue weighted by Crippen LogP contribution is -2.37. The van der Waals surface area contributed by atoms with Crippen molar-refractivity contribution < 1.29 is 14.3 Å². The molecule has 1 fully saturated rings. The van der Waals surface area contributed by atoms with E-state index in [2.05, 4.69) is 5.32 Å². The van der Waals surface area contributed by atoms with Crippen molar-refractivity contribution in [2.24, 2.45) is 0 Å². The van der Waals surface area contributed by atoms with E-state index in [0.717, 1.165) is 31.5 Å². The second-order valence-corrected chi connectivity index (χ2v) is 6.36. The summed E-state index contributed by atoms with van der Waals surface area (Å²) >= 11 is 0. The summed E-state index contributed by atoms with van der Waals surface area (Å²) in [7, 11) is 0. The van der Waals surface area contributed by atoms with Crippen molar-refractivity contribution in [3.63, 3.8) is 0 Å². The van der Waals surface area contributed by atoms with Gasteiger partial charge in [-0.15, -0.1) is 0 Å². The molecule has 4 nitrogen and oxygen atoms in total. The zero-order valence-corrected chi connectivity index (χ0v) is 13.9. The van der Waals surface area contributed by atoms with E-state index in [9.17, 15) is 9.18 Å². The van der Waals surface area contributed by atoms with Crippen LogP contribution in [0.25, 0.3) is 0 Å². The third-order valence-electron chi connectivity index (χ3n) is 4.37. The number of amides is 1. The molecule has 2 N–H and O–H groups in total. The Balaban J connectivity index is 1.80. The molecule has 5 heteroatoms. The molecule has 1 aromatic carbocycles. The van der Waals surface area contributed by atoms with Gasteiger partial charge in [-0.2, -0.15) is 0 Å². The molecule has 0 aromatic heterocycles. The topological polar surface area (TPSA) is 52.6 Å². The van der Waals surface area contributed by atoms with E-state index < -0.39 is 0 Å². The molecule has 1 aromatic rings. The smallest absolute Gasteiger partial charge is 0.224 e. The van der Waals surface area contributed by atoms with Gasteiger partial charge in [-0.1, -0.05) is 18.9 Å². The molecular weight excluding hydrogens is 295 g/mol. The molecule has 0 bridgehead atoms. The minimum atomic E-state index is -0.388. The van der Waals surface area contributed by atoms with E-state index in [1.165, 1.54) is 18.9 Å². The maximum absolute atomic E-state index is 13.3. The van der Waals surface area contributed by atoms with E-state index >= 15 is 0 Å². The lowest BCUT2D eigenvalue weighted by molar-refractivity contribution is -0.131. The number of rotatable bonds is 6. The van der Waals surface area contributed by atoms with E-state index in [1.807, 2.05) is 11.8 Å². The molecule has 0 saturated carbocycles. The van der Waals surface area contributed by atoms with Crippen LogP contribution in [0.2, 0.25) is 0 Å². The monoisotopic (exact) mass is 322 g/mol. The van der Waals surface area contributed by atoms with Crippen LogP contribution in [0.4, 0.5) is 4.39 Å². The van der Waals surface area contributed by atoms with Gasteiger partial charge in [0, 0.05) is 37.7 Å². The minimum absolute atomic E-state index is 0.0633. The Morgan fingerprint density at radius 3 is 2.65 bits per heavy atom. The normalized spacial score (nSPS) is 16.9. The molecule has 0 aliphatic carbocycles. The number of nitrogens with zero attached hydrogens (tertiary/aromatic N) is 1. The number of halogens is 1. The number of nitrogens with one attached hydrogen (secondary N) is 1. The van der Waals surface area contributed by atoms with Gasteiger partial charge in [0.1, 0.15) is 5.82 Å². The average Bonchev–Trinajstić information content (AvgIpc) is 2.83. The molecule has 0 spiro atoms. The number of carbonyl (C=O) groups excluding carboxylic acids is 1. The maximum Gasteiger partial charge on any atom is 0.224 e. The first kappa shape index (κ1) is 17.9. The molecule has 1 aliphatic heterocycles. The summed E-state index contributed by atoms with van der Waals surface area (Å²) in [6.45, 7) is 4.00. The zero-order chi connectivity index (χ0) is 16.7. The Kier molecular flexibility index (Phi) is 6.99. The third kappa shape index (κ3) is 5.59. The quantitative estimate of drug-likeness (QED) is 0.846. The highest BCUT2D eigenvalue weighted by Gasteiger charge is 2.17. The highest BCUT2D eigenvalue weighted by Crippen LogP contribution is 2.13. The molecule has 1 unspecified atom stereocenters. The van der Waals surface area contributed by atoms with Crippen LogP contribution in [0.5, 0.6) is 0 Å². The molecule has 1 aliphatic rings. The fourth-order valence-corrected chi connectivity index (χ4v) is 2.93. The van der Waals surface area contributed by atoms with Gasteiger partial charge in [0.2, 0.25) is 5.91 Å². The molecule has 1 atom stereocenters. The van der Waals surface area contributed by atoms with Crippen LogP contribution >= 0.6 is 0 Å². The fourth-order valence-electron chi connectivity index (χ4n) is 2.93. The number of benzene rings is 1. The molecule has 1 amide bonds. The van der Waals surface area contributed by atoms with Gasteiger partial charge in [0.05, 0.1) is 6.61 Å². The van der Waals surface area contributed by atoms with Gasteiger partial charge in [-0.3, -0.25) is 4.79 Å². The standard InChI is InChI=1S/C18H27FN2O2/c1-14(10-18(23)21-8-4-2-3-5-9-21)20-12-15-6-7-17(19)16(11-15)13-22/h6-7,11,14,20,22H,2-5,8-10,12-13H2,1H3. The third-order valence-corrected chi connectivity index (χ3v) is 4.37. The zero-order valence-electron chi connectivity index (χ0n) is 13.9. The number of aliphatic hydroxyl groups excluding tert-OH is 1. The van der Waals surface area contributed by atoms with Crippen molar-refractivity contribution in [1.82, 2.24) is 10.2 Å². The SMILES string of the molecule is CC(CC(=O)N1CCCCCC1)NCc1ccc(F)c(CO)c1. The highest BCUT2D eigenvalue weighted by atomic mass is 19.1. The number of hydrogen-bond donors (Lipinski definition) is 2. The number of hydrogen-bond acceptors (Lipinski definition) is 3. The summed E-state index contributed by atoms with van der Waals surface area (Å²) in [6.07, 6.45) is 5.12. The largest absolute Gasteiger partial charge is 0.392 e. The van der Waals surface area contributed by atoms with Crippen LogP contribution in [0.3, 0.4) is 0 Å². The summed E-state index contributed by atoms with van der Waals surface area (Å²) in [5, 5.41) is 12.4. The fraction of sp³-hybridized carbons (Fsp3) is 0.611. The highest BCUT2D eigenvalue weighted by molar-refractivity contribution is 5.76. The summed E-state index contributed by atoms with van der Waals surface area (Å²) < 4.78 is 13.3. The first-order valence-corrected chi connectivity index (χ1v) is 8.49. The van der Waals surface area contributed by atoms with Gasteiger partial charge in [-0.05, 0) is 37.5 Å². The van der Waals surface area contributed by atoms with Crippen molar-refractivity contribution in [3.05, 3.63) is 35.1 Å². The second kappa shape index (κ2) is 8.99. The van der Waals surface area contributed by atoms with Crippen molar-refractivity contribution in [1.29, 1.82) is 0 Å². The van der Waals surface area contributed by atoms with E-state index in [4.69, 9.17) is 5.11 Å². The van der Waals surface area contributed by atoms with E-state index in [-0.39, 0.29) is 24.4 Å². The Bertz CT molecular complexity index is 514. The predicted molar refractivity (Wildman–Crippen MR) is 88.3 cm³/mol. The van der Waals surface area contributed by atoms with Gasteiger partial charge in [0.25, 0.3) is 0 Å². The number of aliphatic hydroxyl groups is 1. The maximum atomic E-state index is 13.3. The summed E-state index contributed by atoms with van der Waals surface area (Å²) in [6, 6.07) is 4.79. The molecule has 128 valence electrons. The van der Waals surface area contributed by atoms with Crippen molar-refractivity contribution >= 4 is 5.91 Å². The minimum Gasteiger partial charge on any atom is -0.392 e. The summed E-state index contributed by atoms with van der Waals surface area (Å²) in [5.41, 5.74) is 1.21. The second-order valence-electron chi connectivity index (χ2n) is 6.36. The molecule has 2 rings (SSSR count). The van der Waals surface area contributed by atoms with Crippen LogP contribution in [-0.4, -0.2) is 35.0 Å². The van der Waals surface area contributed by atoms with E-state index in [0.29, 0.717) is 18.5 Å². The van der Waals surface area contributed by atoms with Gasteiger partial charge in [0.15, 0.2) is 0 Å². The van der Waals surface area contributed by atoms with Crippen LogP contribution in [0.1, 0.15) is 50.2 Å². The Hall–Kier alpha value is -1.46. The molecule has 23 heavy (non-hydrogen) atoms. The summed E-state index contributed by atoms with van der Waals surface area (Å²) in [4.78, 5) is 14.3. The van der Waals surface area contributed by atoms with Crippen LogP contribution < -0.4 is 5.32 Å². The van der Waals surface area contributed by atoms with Crippen molar-refractivity contribution in [2.45, 2.75) is 58.2 Å².